The van der Waals surface area contributed by atoms with E-state index in [9.17, 15) is 14.7 Å². The van der Waals surface area contributed by atoms with E-state index in [1.54, 1.807) is 17.7 Å². The molecule has 1 aromatic carbocycles. The number of benzene rings is 1. The summed E-state index contributed by atoms with van der Waals surface area (Å²) in [6.45, 7) is 5.64. The Kier molecular flexibility index (Phi) is 4.61. The molecule has 1 N–H and O–H groups in total. The van der Waals surface area contributed by atoms with E-state index in [0.29, 0.717) is 5.69 Å². The van der Waals surface area contributed by atoms with Crippen LogP contribution < -0.4 is 0 Å². The van der Waals surface area contributed by atoms with Gasteiger partial charge in [0.05, 0.1) is 5.69 Å². The molecule has 1 aliphatic rings. The molecule has 1 unspecified atom stereocenters. The van der Waals surface area contributed by atoms with Gasteiger partial charge in [-0.3, -0.25) is 4.79 Å². The molecule has 6 heteroatoms. The van der Waals surface area contributed by atoms with Gasteiger partial charge in [0.1, 0.15) is 6.04 Å². The Balaban J connectivity index is 1.99. The molecule has 0 aliphatic heterocycles. The second-order valence-electron chi connectivity index (χ2n) is 6.81. The summed E-state index contributed by atoms with van der Waals surface area (Å²) in [5.74, 6) is -1.12. The third-order valence-corrected chi connectivity index (χ3v) is 4.50. The zero-order valence-corrected chi connectivity index (χ0v) is 14.7. The first kappa shape index (κ1) is 17.2. The SMILES string of the molecule is CC(C)c1cc(C(=O)N(C2CC2)C(C)C(=O)O)nn1-c1ccccc1. The highest BCUT2D eigenvalue weighted by Crippen LogP contribution is 2.31. The summed E-state index contributed by atoms with van der Waals surface area (Å²) < 4.78 is 1.77. The fourth-order valence-corrected chi connectivity index (χ4v) is 2.95. The lowest BCUT2D eigenvalue weighted by Gasteiger charge is -2.25. The maximum atomic E-state index is 13.0. The zero-order chi connectivity index (χ0) is 18.1. The predicted octanol–water partition coefficient (Wildman–Crippen LogP) is 3.07. The Morgan fingerprint density at radius 2 is 1.84 bits per heavy atom. The largest absolute Gasteiger partial charge is 0.480 e. The van der Waals surface area contributed by atoms with Gasteiger partial charge in [-0.1, -0.05) is 32.0 Å². The van der Waals surface area contributed by atoms with Crippen LogP contribution in [0.4, 0.5) is 0 Å². The van der Waals surface area contributed by atoms with Crippen LogP contribution in [0.3, 0.4) is 0 Å². The highest BCUT2D eigenvalue weighted by Gasteiger charge is 2.39. The number of carboxylic acids is 1. The standard InChI is InChI=1S/C19H23N3O3/c1-12(2)17-11-16(20-22(17)15-7-5-4-6-8-15)18(23)21(14-9-10-14)13(3)19(24)25/h4-8,11-14H,9-10H2,1-3H3,(H,24,25). The Morgan fingerprint density at radius 3 is 2.36 bits per heavy atom. The van der Waals surface area contributed by atoms with Crippen molar-refractivity contribution in [3.8, 4) is 5.69 Å². The van der Waals surface area contributed by atoms with Gasteiger partial charge in [0.25, 0.3) is 5.91 Å². The van der Waals surface area contributed by atoms with E-state index in [1.165, 1.54) is 4.90 Å². The van der Waals surface area contributed by atoms with Crippen LogP contribution in [-0.2, 0) is 4.79 Å². The van der Waals surface area contributed by atoms with Crippen LogP contribution in [0.5, 0.6) is 0 Å². The van der Waals surface area contributed by atoms with Gasteiger partial charge in [-0.25, -0.2) is 9.48 Å². The van der Waals surface area contributed by atoms with Crippen molar-refractivity contribution in [1.82, 2.24) is 14.7 Å². The zero-order valence-electron chi connectivity index (χ0n) is 14.7. The second-order valence-corrected chi connectivity index (χ2v) is 6.81. The Labute approximate surface area is 147 Å². The first-order chi connectivity index (χ1) is 11.9. The van der Waals surface area contributed by atoms with E-state index in [1.807, 2.05) is 44.2 Å². The van der Waals surface area contributed by atoms with Gasteiger partial charge >= 0.3 is 5.97 Å². The smallest absolute Gasteiger partial charge is 0.326 e. The monoisotopic (exact) mass is 341 g/mol. The van der Waals surface area contributed by atoms with Crippen LogP contribution in [0.15, 0.2) is 36.4 Å². The van der Waals surface area contributed by atoms with Crippen LogP contribution >= 0.6 is 0 Å². The molecule has 0 bridgehead atoms. The van der Waals surface area contributed by atoms with Crippen LogP contribution in [0, 0.1) is 0 Å². The number of carbonyl (C=O) groups excluding carboxylic acids is 1. The quantitative estimate of drug-likeness (QED) is 0.876. The Morgan fingerprint density at radius 1 is 1.20 bits per heavy atom. The van der Waals surface area contributed by atoms with E-state index in [0.717, 1.165) is 24.2 Å². The minimum Gasteiger partial charge on any atom is -0.480 e. The fraction of sp³-hybridized carbons (Fsp3) is 0.421. The molecule has 0 saturated heterocycles. The lowest BCUT2D eigenvalue weighted by molar-refractivity contribution is -0.141. The van der Waals surface area contributed by atoms with E-state index in [4.69, 9.17) is 0 Å². The molecule has 1 amide bonds. The van der Waals surface area contributed by atoms with Crippen LogP contribution in [0.1, 0.15) is 55.7 Å². The molecule has 132 valence electrons. The normalized spacial score (nSPS) is 15.2. The number of para-hydroxylation sites is 1. The predicted molar refractivity (Wildman–Crippen MR) is 93.9 cm³/mol. The van der Waals surface area contributed by atoms with Gasteiger partial charge in [-0.15, -0.1) is 0 Å². The molecule has 1 aromatic heterocycles. The summed E-state index contributed by atoms with van der Waals surface area (Å²) in [7, 11) is 0. The molecule has 1 fully saturated rings. The summed E-state index contributed by atoms with van der Waals surface area (Å²) in [5, 5.41) is 13.8. The molecule has 0 spiro atoms. The van der Waals surface area contributed by atoms with Crippen LogP contribution in [0.25, 0.3) is 5.69 Å². The second kappa shape index (κ2) is 6.70. The van der Waals surface area contributed by atoms with E-state index in [2.05, 4.69) is 5.10 Å². The fourth-order valence-electron chi connectivity index (χ4n) is 2.95. The summed E-state index contributed by atoms with van der Waals surface area (Å²) in [6.07, 6.45) is 1.69. The van der Waals surface area contributed by atoms with Crippen molar-refractivity contribution in [1.29, 1.82) is 0 Å². The number of hydrogen-bond donors (Lipinski definition) is 1. The number of carboxylic acid groups (broad SMARTS) is 1. The van der Waals surface area contributed by atoms with Crippen molar-refractivity contribution >= 4 is 11.9 Å². The van der Waals surface area contributed by atoms with Gasteiger partial charge in [-0.2, -0.15) is 5.10 Å². The van der Waals surface area contributed by atoms with Gasteiger partial charge < -0.3 is 10.0 Å². The van der Waals surface area contributed by atoms with Crippen molar-refractivity contribution in [2.75, 3.05) is 0 Å². The minimum atomic E-state index is -0.994. The molecule has 2 aromatic rings. The highest BCUT2D eigenvalue weighted by molar-refractivity contribution is 5.95. The summed E-state index contributed by atoms with van der Waals surface area (Å²) >= 11 is 0. The average Bonchev–Trinajstić information content (AvgIpc) is 3.31. The number of nitrogens with zero attached hydrogens (tertiary/aromatic N) is 3. The number of aromatic nitrogens is 2. The maximum Gasteiger partial charge on any atom is 0.326 e. The molecule has 1 atom stereocenters. The molecule has 1 saturated carbocycles. The number of amides is 1. The number of aliphatic carboxylic acids is 1. The molecule has 6 nitrogen and oxygen atoms in total. The lowest BCUT2D eigenvalue weighted by Crippen LogP contribution is -2.44. The van der Waals surface area contributed by atoms with Crippen molar-refractivity contribution in [3.63, 3.8) is 0 Å². The molecule has 1 aliphatic carbocycles. The molecular formula is C19H23N3O3. The number of hydrogen-bond acceptors (Lipinski definition) is 3. The van der Waals surface area contributed by atoms with Crippen molar-refractivity contribution in [2.24, 2.45) is 0 Å². The van der Waals surface area contributed by atoms with Gasteiger partial charge in [-0.05, 0) is 43.9 Å². The maximum absolute atomic E-state index is 13.0. The number of rotatable bonds is 6. The van der Waals surface area contributed by atoms with E-state index < -0.39 is 12.0 Å². The summed E-state index contributed by atoms with van der Waals surface area (Å²) in [6, 6.07) is 10.6. The highest BCUT2D eigenvalue weighted by atomic mass is 16.4. The van der Waals surface area contributed by atoms with Crippen molar-refractivity contribution in [2.45, 2.75) is 51.6 Å². The molecule has 3 rings (SSSR count). The molecule has 1 heterocycles. The Hall–Kier alpha value is -2.63. The summed E-state index contributed by atoms with van der Waals surface area (Å²) in [5.41, 5.74) is 2.11. The number of carbonyl (C=O) groups is 2. The molecule has 0 radical (unpaired) electrons. The van der Waals surface area contributed by atoms with Gasteiger partial charge in [0.15, 0.2) is 5.69 Å². The van der Waals surface area contributed by atoms with Gasteiger partial charge in [0, 0.05) is 11.7 Å². The molecular weight excluding hydrogens is 318 g/mol. The lowest BCUT2D eigenvalue weighted by atomic mass is 10.1. The van der Waals surface area contributed by atoms with E-state index >= 15 is 0 Å². The third-order valence-electron chi connectivity index (χ3n) is 4.50. The minimum absolute atomic E-state index is 0.00275. The topological polar surface area (TPSA) is 75.4 Å². The first-order valence-electron chi connectivity index (χ1n) is 8.61. The van der Waals surface area contributed by atoms with Crippen LogP contribution in [0.2, 0.25) is 0 Å². The van der Waals surface area contributed by atoms with Gasteiger partial charge in [0.2, 0.25) is 0 Å². The third kappa shape index (κ3) is 3.43. The average molecular weight is 341 g/mol. The summed E-state index contributed by atoms with van der Waals surface area (Å²) in [4.78, 5) is 25.8. The Bertz CT molecular complexity index is 778. The van der Waals surface area contributed by atoms with Crippen molar-refractivity contribution in [3.05, 3.63) is 47.8 Å². The molecule has 25 heavy (non-hydrogen) atoms. The van der Waals surface area contributed by atoms with E-state index in [-0.39, 0.29) is 17.9 Å². The van der Waals surface area contributed by atoms with Crippen molar-refractivity contribution < 1.29 is 14.7 Å². The first-order valence-corrected chi connectivity index (χ1v) is 8.61. The van der Waals surface area contributed by atoms with Crippen LogP contribution in [-0.4, -0.2) is 43.7 Å².